The number of rotatable bonds is 5. The molecule has 2 heterocycles. The van der Waals surface area contributed by atoms with Crippen molar-refractivity contribution < 1.29 is 31.9 Å². The Balaban J connectivity index is 1.74. The molecule has 7 nitrogen and oxygen atoms in total. The number of benzene rings is 1. The molecule has 33 heavy (non-hydrogen) atoms. The van der Waals surface area contributed by atoms with Crippen molar-refractivity contribution in [3.63, 3.8) is 0 Å². The van der Waals surface area contributed by atoms with Gasteiger partial charge < -0.3 is 15.4 Å². The van der Waals surface area contributed by atoms with Gasteiger partial charge in [0.2, 0.25) is 5.69 Å². The molecule has 1 aromatic carbocycles. The molecule has 1 aliphatic heterocycles. The molecule has 2 amide bonds. The Morgan fingerprint density at radius 3 is 2.70 bits per heavy atom. The van der Waals surface area contributed by atoms with Gasteiger partial charge in [0, 0.05) is 29.7 Å². The molecule has 1 aromatic heterocycles. The van der Waals surface area contributed by atoms with Crippen LogP contribution in [0.25, 0.3) is 0 Å². The number of halogens is 4. The van der Waals surface area contributed by atoms with E-state index in [0.29, 0.717) is 6.92 Å². The van der Waals surface area contributed by atoms with Gasteiger partial charge in [0.1, 0.15) is 5.82 Å². The third-order valence-electron chi connectivity index (χ3n) is 5.36. The van der Waals surface area contributed by atoms with Crippen molar-refractivity contribution in [3.8, 4) is 11.8 Å². The largest absolute Gasteiger partial charge is 0.461 e. The molecule has 0 saturated heterocycles. The van der Waals surface area contributed by atoms with Gasteiger partial charge in [-0.25, -0.2) is 27.2 Å². The first-order valence-electron chi connectivity index (χ1n) is 10.3. The molecule has 0 bridgehead atoms. The van der Waals surface area contributed by atoms with Gasteiger partial charge >= 0.3 is 12.0 Å². The zero-order valence-corrected chi connectivity index (χ0v) is 17.8. The number of hydrogen-bond donors (Lipinski definition) is 2. The number of aromatic nitrogens is 2. The molecule has 174 valence electrons. The van der Waals surface area contributed by atoms with Gasteiger partial charge in [-0.15, -0.1) is 0 Å². The van der Waals surface area contributed by atoms with Gasteiger partial charge in [-0.1, -0.05) is 11.8 Å². The number of carbonyl (C=O) groups excluding carboxylic acids is 2. The van der Waals surface area contributed by atoms with E-state index in [2.05, 4.69) is 27.6 Å². The standard InChI is InChI=1S/C22H20F4N4O3/c1-3-33-19(31)18-16(24)11-30(29-18)10-13-8-17-14(9-15(13)23)22(21(2,25)26,28-20(32)27-17)7-6-12-4-5-12/h8-9,11-12H,3-5,10H2,1-2H3,(H2,27,28,32)/t22-/m0/s1. The molecule has 1 atom stereocenters. The second kappa shape index (κ2) is 8.10. The Labute approximate surface area is 186 Å². The molecular formula is C22H20F4N4O3. The predicted molar refractivity (Wildman–Crippen MR) is 109 cm³/mol. The summed E-state index contributed by atoms with van der Waals surface area (Å²) in [4.78, 5) is 24.0. The number of nitrogens with one attached hydrogen (secondary N) is 2. The Morgan fingerprint density at radius 1 is 1.33 bits per heavy atom. The SMILES string of the molecule is CCOC(=O)c1nn(Cc2cc3c(cc2F)[C@@](C#CC2CC2)(C(C)(F)F)NC(=O)N3)cc1F. The minimum atomic E-state index is -3.53. The van der Waals surface area contributed by atoms with Crippen molar-refractivity contribution in [2.24, 2.45) is 5.92 Å². The molecule has 11 heteroatoms. The van der Waals surface area contributed by atoms with Gasteiger partial charge in [-0.3, -0.25) is 4.68 Å². The number of fused-ring (bicyclic) bond motifs is 1. The van der Waals surface area contributed by atoms with Crippen molar-refractivity contribution in [1.29, 1.82) is 0 Å². The highest BCUT2D eigenvalue weighted by atomic mass is 19.3. The van der Waals surface area contributed by atoms with E-state index in [1.54, 1.807) is 6.92 Å². The summed E-state index contributed by atoms with van der Waals surface area (Å²) in [7, 11) is 0. The molecule has 4 rings (SSSR count). The first-order valence-corrected chi connectivity index (χ1v) is 10.3. The van der Waals surface area contributed by atoms with E-state index in [4.69, 9.17) is 4.74 Å². The van der Waals surface area contributed by atoms with Crippen LogP contribution in [0.5, 0.6) is 0 Å². The van der Waals surface area contributed by atoms with Crippen LogP contribution >= 0.6 is 0 Å². The second-order valence-electron chi connectivity index (χ2n) is 7.99. The number of urea groups is 1. The lowest BCUT2D eigenvalue weighted by atomic mass is 9.81. The van der Waals surface area contributed by atoms with Crippen LogP contribution in [0.3, 0.4) is 0 Å². The van der Waals surface area contributed by atoms with E-state index >= 15 is 4.39 Å². The molecule has 1 fully saturated rings. The molecular weight excluding hydrogens is 444 g/mol. The zero-order valence-electron chi connectivity index (χ0n) is 17.8. The number of esters is 1. The Morgan fingerprint density at radius 2 is 2.06 bits per heavy atom. The molecule has 0 spiro atoms. The average molecular weight is 464 g/mol. The number of carbonyl (C=O) groups is 2. The zero-order chi connectivity index (χ0) is 24.0. The van der Waals surface area contributed by atoms with Crippen molar-refractivity contribution in [1.82, 2.24) is 15.1 Å². The lowest BCUT2D eigenvalue weighted by Crippen LogP contribution is -2.59. The first kappa shape index (κ1) is 22.6. The molecule has 2 aliphatic rings. The minimum Gasteiger partial charge on any atom is -0.461 e. The summed E-state index contributed by atoms with van der Waals surface area (Å²) in [5, 5.41) is 8.35. The molecule has 0 unspecified atom stereocenters. The van der Waals surface area contributed by atoms with E-state index in [-0.39, 0.29) is 35.9 Å². The molecule has 1 saturated carbocycles. The third-order valence-corrected chi connectivity index (χ3v) is 5.36. The fourth-order valence-electron chi connectivity index (χ4n) is 3.53. The van der Waals surface area contributed by atoms with E-state index in [9.17, 15) is 22.8 Å². The average Bonchev–Trinajstić information content (AvgIpc) is 3.48. The van der Waals surface area contributed by atoms with Gasteiger partial charge in [0.15, 0.2) is 11.4 Å². The Kier molecular flexibility index (Phi) is 5.56. The summed E-state index contributed by atoms with van der Waals surface area (Å²) in [6.45, 7) is 1.85. The Bertz CT molecular complexity index is 1190. The first-order chi connectivity index (χ1) is 15.5. The van der Waals surface area contributed by atoms with Crippen molar-refractivity contribution >= 4 is 17.7 Å². The van der Waals surface area contributed by atoms with E-state index in [1.807, 2.05) is 0 Å². The number of amides is 2. The summed E-state index contributed by atoms with van der Waals surface area (Å²) in [6.07, 6.45) is 2.44. The number of alkyl halides is 2. The maximum absolute atomic E-state index is 15.0. The highest BCUT2D eigenvalue weighted by Gasteiger charge is 2.55. The molecule has 1 aliphatic carbocycles. The van der Waals surface area contributed by atoms with Crippen LogP contribution in [0, 0.1) is 29.4 Å². The fourth-order valence-corrected chi connectivity index (χ4v) is 3.53. The highest BCUT2D eigenvalue weighted by molar-refractivity contribution is 5.95. The lowest BCUT2D eigenvalue weighted by molar-refractivity contribution is -0.0465. The maximum atomic E-state index is 15.0. The van der Waals surface area contributed by atoms with Crippen LogP contribution in [0.1, 0.15) is 48.3 Å². The third kappa shape index (κ3) is 4.25. The van der Waals surface area contributed by atoms with Gasteiger partial charge in [-0.05, 0) is 31.9 Å². The number of anilines is 1. The van der Waals surface area contributed by atoms with Crippen molar-refractivity contribution in [2.45, 2.75) is 44.7 Å². The lowest BCUT2D eigenvalue weighted by Gasteiger charge is -2.40. The summed E-state index contributed by atoms with van der Waals surface area (Å²) in [5.41, 5.74) is -3.32. The topological polar surface area (TPSA) is 85.2 Å². The monoisotopic (exact) mass is 464 g/mol. The van der Waals surface area contributed by atoms with Crippen LogP contribution in [0.4, 0.5) is 28.0 Å². The maximum Gasteiger partial charge on any atom is 0.361 e. The minimum absolute atomic E-state index is 0.0196. The van der Waals surface area contributed by atoms with Crippen LogP contribution in [-0.4, -0.2) is 34.3 Å². The van der Waals surface area contributed by atoms with E-state index < -0.39 is 40.8 Å². The van der Waals surface area contributed by atoms with Crippen molar-refractivity contribution in [2.75, 3.05) is 11.9 Å². The molecule has 0 radical (unpaired) electrons. The van der Waals surface area contributed by atoms with Crippen molar-refractivity contribution in [3.05, 3.63) is 46.8 Å². The van der Waals surface area contributed by atoms with E-state index in [1.165, 1.54) is 6.07 Å². The summed E-state index contributed by atoms with van der Waals surface area (Å²) >= 11 is 0. The predicted octanol–water partition coefficient (Wildman–Crippen LogP) is 3.79. The van der Waals surface area contributed by atoms with Gasteiger partial charge in [0.05, 0.1) is 19.3 Å². The highest BCUT2D eigenvalue weighted by Crippen LogP contribution is 2.44. The molecule has 2 N–H and O–H groups in total. The summed E-state index contributed by atoms with van der Waals surface area (Å²) < 4.78 is 64.3. The van der Waals surface area contributed by atoms with Gasteiger partial charge in [0.25, 0.3) is 5.92 Å². The van der Waals surface area contributed by atoms with Gasteiger partial charge in [-0.2, -0.15) is 5.10 Å². The fraction of sp³-hybridized carbons (Fsp3) is 0.409. The number of hydrogen-bond acceptors (Lipinski definition) is 4. The second-order valence-corrected chi connectivity index (χ2v) is 7.99. The number of ether oxygens (including phenoxy) is 1. The summed E-state index contributed by atoms with van der Waals surface area (Å²) in [5.74, 6) is -1.14. The Hall–Kier alpha value is -3.55. The quantitative estimate of drug-likeness (QED) is 0.401. The normalized spacial score (nSPS) is 19.6. The number of nitrogens with zero attached hydrogens (tertiary/aromatic N) is 2. The summed E-state index contributed by atoms with van der Waals surface area (Å²) in [6, 6.07) is 1.13. The van der Waals surface area contributed by atoms with Crippen LogP contribution in [0.2, 0.25) is 0 Å². The van der Waals surface area contributed by atoms with Crippen LogP contribution < -0.4 is 10.6 Å². The smallest absolute Gasteiger partial charge is 0.361 e. The van der Waals surface area contributed by atoms with Crippen LogP contribution in [0.15, 0.2) is 18.3 Å². The molecule has 2 aromatic rings. The van der Waals surface area contributed by atoms with E-state index in [0.717, 1.165) is 29.8 Å². The van der Waals surface area contributed by atoms with Crippen LogP contribution in [-0.2, 0) is 16.8 Å².